The highest BCUT2D eigenvalue weighted by Crippen LogP contribution is 2.30. The van der Waals surface area contributed by atoms with E-state index in [2.05, 4.69) is 5.32 Å². The van der Waals surface area contributed by atoms with Gasteiger partial charge in [0.25, 0.3) is 5.91 Å². The van der Waals surface area contributed by atoms with Crippen molar-refractivity contribution in [3.63, 3.8) is 0 Å². The van der Waals surface area contributed by atoms with Crippen LogP contribution in [0.2, 0.25) is 0 Å². The number of hydrogen-bond acceptors (Lipinski definition) is 4. The topological polar surface area (TPSA) is 101 Å². The number of anilines is 1. The maximum absolute atomic E-state index is 12.7. The fourth-order valence-electron chi connectivity index (χ4n) is 2.51. The van der Waals surface area contributed by atoms with Gasteiger partial charge >= 0.3 is 6.03 Å². The molecule has 1 aromatic heterocycles. The van der Waals surface area contributed by atoms with Crippen LogP contribution in [0.1, 0.15) is 41.4 Å². The van der Waals surface area contributed by atoms with Gasteiger partial charge in [-0.25, -0.2) is 4.79 Å². The summed E-state index contributed by atoms with van der Waals surface area (Å²) in [5.41, 5.74) is 11.7. The van der Waals surface area contributed by atoms with E-state index in [1.807, 2.05) is 13.0 Å². The highest BCUT2D eigenvalue weighted by atomic mass is 32.1. The molecule has 1 atom stereocenters. The lowest BCUT2D eigenvalue weighted by Gasteiger charge is -2.22. The van der Waals surface area contributed by atoms with E-state index in [-0.39, 0.29) is 11.9 Å². The number of nitrogens with two attached hydrogens (primary N) is 2. The predicted molar refractivity (Wildman–Crippen MR) is 84.6 cm³/mol. The van der Waals surface area contributed by atoms with Gasteiger partial charge in [-0.2, -0.15) is 0 Å². The van der Waals surface area contributed by atoms with Crippen LogP contribution in [0.25, 0.3) is 0 Å². The Morgan fingerprint density at radius 2 is 2.24 bits per heavy atom. The second kappa shape index (κ2) is 6.91. The van der Waals surface area contributed by atoms with Crippen molar-refractivity contribution in [1.29, 1.82) is 0 Å². The summed E-state index contributed by atoms with van der Waals surface area (Å²) < 4.78 is 0. The predicted octanol–water partition coefficient (Wildman–Crippen LogP) is 1.75. The molecular formula is C14H22N4O2S. The zero-order valence-electron chi connectivity index (χ0n) is 12.2. The monoisotopic (exact) mass is 310 g/mol. The number of amides is 3. The first-order valence-corrected chi connectivity index (χ1v) is 8.07. The van der Waals surface area contributed by atoms with Crippen molar-refractivity contribution in [2.75, 3.05) is 18.4 Å². The van der Waals surface area contributed by atoms with Crippen molar-refractivity contribution in [1.82, 2.24) is 4.90 Å². The molecule has 5 N–H and O–H groups in total. The van der Waals surface area contributed by atoms with Gasteiger partial charge in [0, 0.05) is 24.0 Å². The first kappa shape index (κ1) is 15.8. The fraction of sp³-hybridized carbons (Fsp3) is 0.571. The fourth-order valence-corrected chi connectivity index (χ4v) is 3.50. The highest BCUT2D eigenvalue weighted by Gasteiger charge is 2.25. The molecule has 3 amide bonds. The summed E-state index contributed by atoms with van der Waals surface area (Å²) in [5, 5.41) is 3.08. The molecule has 7 heteroatoms. The van der Waals surface area contributed by atoms with Crippen LogP contribution in [0, 0.1) is 0 Å². The Balaban J connectivity index is 2.24. The summed E-state index contributed by atoms with van der Waals surface area (Å²) in [6.07, 6.45) is 3.76. The van der Waals surface area contributed by atoms with Crippen molar-refractivity contribution in [3.05, 3.63) is 16.5 Å². The van der Waals surface area contributed by atoms with Crippen LogP contribution < -0.4 is 16.8 Å². The molecule has 1 aliphatic rings. The minimum Gasteiger partial charge on any atom is -0.351 e. The van der Waals surface area contributed by atoms with Gasteiger partial charge < -0.3 is 16.4 Å². The lowest BCUT2D eigenvalue weighted by Crippen LogP contribution is -2.40. The van der Waals surface area contributed by atoms with Crippen molar-refractivity contribution in [2.24, 2.45) is 11.5 Å². The van der Waals surface area contributed by atoms with Crippen molar-refractivity contribution in [3.8, 4) is 0 Å². The van der Waals surface area contributed by atoms with Gasteiger partial charge in [0.2, 0.25) is 0 Å². The second-order valence-corrected chi connectivity index (χ2v) is 6.44. The molecule has 21 heavy (non-hydrogen) atoms. The van der Waals surface area contributed by atoms with E-state index in [1.165, 1.54) is 11.3 Å². The van der Waals surface area contributed by atoms with Crippen LogP contribution in [-0.4, -0.2) is 36.0 Å². The molecule has 0 aliphatic carbocycles. The maximum Gasteiger partial charge on any atom is 0.317 e. The number of nitrogens with zero attached hydrogens (tertiary/aromatic N) is 1. The Morgan fingerprint density at radius 1 is 1.48 bits per heavy atom. The van der Waals surface area contributed by atoms with E-state index < -0.39 is 6.03 Å². The number of rotatable bonds is 3. The number of thiophene rings is 1. The average molecular weight is 310 g/mol. The van der Waals surface area contributed by atoms with E-state index in [0.29, 0.717) is 23.7 Å². The number of likely N-dealkylation sites (tertiary alicyclic amines) is 1. The molecule has 0 bridgehead atoms. The minimum absolute atomic E-state index is 0.0216. The zero-order valence-corrected chi connectivity index (χ0v) is 13.0. The summed E-state index contributed by atoms with van der Waals surface area (Å²) in [5.74, 6) is -0.0768. The Bertz CT molecular complexity index is 529. The van der Waals surface area contributed by atoms with Gasteiger partial charge in [-0.05, 0) is 25.3 Å². The number of aryl methyl sites for hydroxylation is 1. The Kier molecular flexibility index (Phi) is 5.19. The Hall–Kier alpha value is -1.60. The second-order valence-electron chi connectivity index (χ2n) is 5.31. The van der Waals surface area contributed by atoms with Gasteiger partial charge in [0.15, 0.2) is 0 Å². The average Bonchev–Trinajstić information content (AvgIpc) is 2.70. The number of carbonyl (C=O) groups excluding carboxylic acids is 2. The molecule has 1 aliphatic heterocycles. The summed E-state index contributed by atoms with van der Waals surface area (Å²) >= 11 is 1.40. The Labute approximate surface area is 128 Å². The van der Waals surface area contributed by atoms with Gasteiger partial charge in [0.05, 0.1) is 5.56 Å². The molecule has 6 nitrogen and oxygen atoms in total. The molecule has 1 saturated heterocycles. The van der Waals surface area contributed by atoms with Crippen LogP contribution in [0.3, 0.4) is 0 Å². The van der Waals surface area contributed by atoms with Crippen LogP contribution in [0.5, 0.6) is 0 Å². The van der Waals surface area contributed by atoms with Gasteiger partial charge in [0.1, 0.15) is 5.00 Å². The Morgan fingerprint density at radius 3 is 2.90 bits per heavy atom. The van der Waals surface area contributed by atoms with E-state index >= 15 is 0 Å². The van der Waals surface area contributed by atoms with Crippen molar-refractivity contribution < 1.29 is 9.59 Å². The molecule has 116 valence electrons. The standard InChI is InChI=1S/C14H22N4O2S/c1-2-10-7-11(12(21-10)17-14(16)20)13(19)18-6-4-3-5-9(15)8-18/h7,9H,2-6,8,15H2,1H3,(H3,16,17,20). The van der Waals surface area contributed by atoms with E-state index in [4.69, 9.17) is 11.5 Å². The largest absolute Gasteiger partial charge is 0.351 e. The van der Waals surface area contributed by atoms with E-state index in [1.54, 1.807) is 4.90 Å². The summed E-state index contributed by atoms with van der Waals surface area (Å²) in [6, 6.07) is 1.21. The molecule has 0 radical (unpaired) electrons. The molecule has 0 aromatic carbocycles. The summed E-state index contributed by atoms with van der Waals surface area (Å²) in [7, 11) is 0. The minimum atomic E-state index is -0.652. The summed E-state index contributed by atoms with van der Waals surface area (Å²) in [4.78, 5) is 26.6. The van der Waals surface area contributed by atoms with Gasteiger partial charge in [-0.15, -0.1) is 11.3 Å². The van der Waals surface area contributed by atoms with Crippen LogP contribution >= 0.6 is 11.3 Å². The third-order valence-electron chi connectivity index (χ3n) is 3.59. The zero-order chi connectivity index (χ0) is 15.4. The van der Waals surface area contributed by atoms with Gasteiger partial charge in [-0.3, -0.25) is 10.1 Å². The van der Waals surface area contributed by atoms with Crippen LogP contribution in [-0.2, 0) is 6.42 Å². The first-order chi connectivity index (χ1) is 10.0. The molecule has 0 saturated carbocycles. The van der Waals surface area contributed by atoms with E-state index in [0.717, 1.165) is 30.6 Å². The molecule has 1 fully saturated rings. The molecule has 2 heterocycles. The number of hydrogen-bond donors (Lipinski definition) is 3. The smallest absolute Gasteiger partial charge is 0.317 e. The number of nitrogens with one attached hydrogen (secondary N) is 1. The van der Waals surface area contributed by atoms with Crippen molar-refractivity contribution in [2.45, 2.75) is 38.6 Å². The third kappa shape index (κ3) is 3.95. The third-order valence-corrected chi connectivity index (χ3v) is 4.79. The molecule has 1 unspecified atom stereocenters. The van der Waals surface area contributed by atoms with Gasteiger partial charge in [-0.1, -0.05) is 13.3 Å². The number of primary amides is 1. The highest BCUT2D eigenvalue weighted by molar-refractivity contribution is 7.16. The molecule has 1 aromatic rings. The normalized spacial score (nSPS) is 19.1. The molecule has 2 rings (SSSR count). The SMILES string of the molecule is CCc1cc(C(=O)N2CCCCC(N)C2)c(NC(N)=O)s1. The van der Waals surface area contributed by atoms with Crippen LogP contribution in [0.15, 0.2) is 6.07 Å². The van der Waals surface area contributed by atoms with Crippen LogP contribution in [0.4, 0.5) is 9.80 Å². The first-order valence-electron chi connectivity index (χ1n) is 7.25. The lowest BCUT2D eigenvalue weighted by atomic mass is 10.1. The molecule has 0 spiro atoms. The number of carbonyl (C=O) groups is 2. The number of urea groups is 1. The lowest BCUT2D eigenvalue weighted by molar-refractivity contribution is 0.0756. The summed E-state index contributed by atoms with van der Waals surface area (Å²) in [6.45, 7) is 3.28. The molecular weight excluding hydrogens is 288 g/mol. The van der Waals surface area contributed by atoms with Crippen molar-refractivity contribution >= 4 is 28.3 Å². The van der Waals surface area contributed by atoms with E-state index in [9.17, 15) is 9.59 Å². The maximum atomic E-state index is 12.7. The quantitative estimate of drug-likeness (QED) is 0.792.